The monoisotopic (exact) mass is 349 g/mol. The first-order chi connectivity index (χ1) is 10.0. The highest BCUT2D eigenvalue weighted by Crippen LogP contribution is 2.17. The van der Waals surface area contributed by atoms with Gasteiger partial charge in [0.15, 0.2) is 0 Å². The molecule has 0 radical (unpaired) electrons. The molecule has 2 rings (SSSR count). The molecule has 1 aromatic heterocycles. The zero-order valence-corrected chi connectivity index (χ0v) is 14.9. The van der Waals surface area contributed by atoms with Crippen LogP contribution in [0.2, 0.25) is 0 Å². The van der Waals surface area contributed by atoms with Gasteiger partial charge < -0.3 is 5.32 Å². The number of nitrogens with one attached hydrogen (secondary N) is 1. The number of aryl methyl sites for hydroxylation is 2. The summed E-state index contributed by atoms with van der Waals surface area (Å²) < 4.78 is 3.11. The third kappa shape index (κ3) is 4.17. The Labute approximate surface area is 135 Å². The number of hydrogen-bond donors (Lipinski definition) is 1. The van der Waals surface area contributed by atoms with Crippen LogP contribution in [0.15, 0.2) is 28.7 Å². The Morgan fingerprint density at radius 1 is 1.24 bits per heavy atom. The lowest BCUT2D eigenvalue weighted by molar-refractivity contribution is 0.519. The molecule has 0 saturated heterocycles. The molecule has 0 aliphatic rings. The van der Waals surface area contributed by atoms with Gasteiger partial charge in [0, 0.05) is 23.3 Å². The van der Waals surface area contributed by atoms with E-state index in [0.29, 0.717) is 6.04 Å². The van der Waals surface area contributed by atoms with Gasteiger partial charge >= 0.3 is 0 Å². The average molecular weight is 350 g/mol. The maximum Gasteiger partial charge on any atom is 0.0628 e. The lowest BCUT2D eigenvalue weighted by Crippen LogP contribution is -2.28. The summed E-state index contributed by atoms with van der Waals surface area (Å²) in [5, 5.41) is 7.94. The lowest BCUT2D eigenvalue weighted by Gasteiger charge is -2.16. The van der Waals surface area contributed by atoms with Crippen LogP contribution in [0.3, 0.4) is 0 Å². The van der Waals surface area contributed by atoms with Crippen LogP contribution in [-0.4, -0.2) is 22.9 Å². The highest BCUT2D eigenvalue weighted by Gasteiger charge is 2.13. The van der Waals surface area contributed by atoms with Crippen molar-refractivity contribution in [3.8, 4) is 0 Å². The van der Waals surface area contributed by atoms with Gasteiger partial charge in [-0.05, 0) is 63.4 Å². The maximum absolute atomic E-state index is 4.50. The summed E-state index contributed by atoms with van der Waals surface area (Å²) >= 11 is 3.48. The second-order valence-corrected chi connectivity index (χ2v) is 6.54. The number of likely N-dealkylation sites (N-methyl/N-ethyl adjacent to an activating group) is 1. The molecule has 3 nitrogen and oxygen atoms in total. The van der Waals surface area contributed by atoms with Gasteiger partial charge in [0.2, 0.25) is 0 Å². The first-order valence-corrected chi connectivity index (χ1v) is 8.21. The first kappa shape index (κ1) is 16.2. The molecule has 4 heteroatoms. The highest BCUT2D eigenvalue weighted by molar-refractivity contribution is 9.10. The molecule has 0 aliphatic heterocycles. The van der Waals surface area contributed by atoms with E-state index in [4.69, 9.17) is 0 Å². The second-order valence-electron chi connectivity index (χ2n) is 5.63. The van der Waals surface area contributed by atoms with E-state index in [0.717, 1.165) is 29.4 Å². The molecule has 1 atom stereocenters. The minimum Gasteiger partial charge on any atom is -0.317 e. The van der Waals surface area contributed by atoms with E-state index in [1.165, 1.54) is 16.8 Å². The highest BCUT2D eigenvalue weighted by atomic mass is 79.9. The molecular formula is C17H24BrN3. The van der Waals surface area contributed by atoms with Gasteiger partial charge in [-0.25, -0.2) is 0 Å². The summed E-state index contributed by atoms with van der Waals surface area (Å²) in [7, 11) is 4.07. The Bertz CT molecular complexity index is 587. The molecule has 0 fully saturated rings. The topological polar surface area (TPSA) is 29.9 Å². The summed E-state index contributed by atoms with van der Waals surface area (Å²) in [6.07, 6.45) is 3.26. The molecule has 1 unspecified atom stereocenters. The van der Waals surface area contributed by atoms with Crippen molar-refractivity contribution < 1.29 is 0 Å². The second kappa shape index (κ2) is 7.23. The lowest BCUT2D eigenvalue weighted by atomic mass is 9.98. The van der Waals surface area contributed by atoms with Crippen LogP contribution in [0.25, 0.3) is 0 Å². The Morgan fingerprint density at radius 3 is 2.43 bits per heavy atom. The van der Waals surface area contributed by atoms with Crippen LogP contribution in [0.1, 0.15) is 28.9 Å². The minimum atomic E-state index is 0.491. The Hall–Kier alpha value is -1.13. The molecular weight excluding hydrogens is 326 g/mol. The van der Waals surface area contributed by atoms with Gasteiger partial charge in [0.1, 0.15) is 0 Å². The van der Waals surface area contributed by atoms with Gasteiger partial charge in [-0.2, -0.15) is 5.10 Å². The summed E-state index contributed by atoms with van der Waals surface area (Å²) in [4.78, 5) is 0. The fourth-order valence-electron chi connectivity index (χ4n) is 2.75. The van der Waals surface area contributed by atoms with Crippen molar-refractivity contribution in [2.75, 3.05) is 7.05 Å². The van der Waals surface area contributed by atoms with Crippen molar-refractivity contribution >= 4 is 15.9 Å². The van der Waals surface area contributed by atoms with Gasteiger partial charge in [0.25, 0.3) is 0 Å². The molecule has 0 bridgehead atoms. The van der Waals surface area contributed by atoms with E-state index < -0.39 is 0 Å². The van der Waals surface area contributed by atoms with Crippen molar-refractivity contribution in [1.82, 2.24) is 15.1 Å². The molecule has 1 N–H and O–H groups in total. The predicted molar refractivity (Wildman–Crippen MR) is 91.7 cm³/mol. The summed E-state index contributed by atoms with van der Waals surface area (Å²) in [5.74, 6) is 0. The standard InChI is InChI=1S/C17H24BrN3/c1-12-17(13(2)21(4)20-12)10-9-16(19-3)11-14-5-7-15(18)8-6-14/h5-8,16,19H,9-11H2,1-4H3. The molecule has 0 saturated carbocycles. The van der Waals surface area contributed by atoms with Crippen LogP contribution < -0.4 is 5.32 Å². The Balaban J connectivity index is 1.98. The van der Waals surface area contributed by atoms with Gasteiger partial charge in [-0.3, -0.25) is 4.68 Å². The molecule has 1 aromatic carbocycles. The van der Waals surface area contributed by atoms with E-state index in [1.807, 2.05) is 18.8 Å². The van der Waals surface area contributed by atoms with Crippen LogP contribution in [0, 0.1) is 13.8 Å². The van der Waals surface area contributed by atoms with E-state index in [9.17, 15) is 0 Å². The quantitative estimate of drug-likeness (QED) is 0.863. The zero-order valence-electron chi connectivity index (χ0n) is 13.3. The zero-order chi connectivity index (χ0) is 15.4. The van der Waals surface area contributed by atoms with Crippen LogP contribution in [-0.2, 0) is 19.9 Å². The molecule has 21 heavy (non-hydrogen) atoms. The number of hydrogen-bond acceptors (Lipinski definition) is 2. The number of nitrogens with zero attached hydrogens (tertiary/aromatic N) is 2. The van der Waals surface area contributed by atoms with Crippen LogP contribution >= 0.6 is 15.9 Å². The van der Waals surface area contributed by atoms with Crippen molar-refractivity contribution in [2.24, 2.45) is 7.05 Å². The number of rotatable bonds is 6. The van der Waals surface area contributed by atoms with Crippen LogP contribution in [0.4, 0.5) is 0 Å². The van der Waals surface area contributed by atoms with E-state index in [2.05, 4.69) is 64.5 Å². The van der Waals surface area contributed by atoms with Gasteiger partial charge in [0.05, 0.1) is 5.69 Å². The fraction of sp³-hybridized carbons (Fsp3) is 0.471. The first-order valence-electron chi connectivity index (χ1n) is 7.42. The molecule has 2 aromatic rings. The van der Waals surface area contributed by atoms with E-state index in [1.54, 1.807) is 0 Å². The smallest absolute Gasteiger partial charge is 0.0628 e. The van der Waals surface area contributed by atoms with Crippen molar-refractivity contribution in [3.63, 3.8) is 0 Å². The third-order valence-corrected chi connectivity index (χ3v) is 4.73. The number of benzene rings is 1. The van der Waals surface area contributed by atoms with Crippen molar-refractivity contribution in [2.45, 2.75) is 39.2 Å². The number of aromatic nitrogens is 2. The predicted octanol–water partition coefficient (Wildman–Crippen LogP) is 3.56. The van der Waals surface area contributed by atoms with Crippen molar-refractivity contribution in [3.05, 3.63) is 51.3 Å². The largest absolute Gasteiger partial charge is 0.317 e. The van der Waals surface area contributed by atoms with E-state index >= 15 is 0 Å². The molecule has 114 valence electrons. The summed E-state index contributed by atoms with van der Waals surface area (Å²) in [6, 6.07) is 9.09. The SMILES string of the molecule is CNC(CCc1c(C)nn(C)c1C)Cc1ccc(Br)cc1. The van der Waals surface area contributed by atoms with Gasteiger partial charge in [-0.1, -0.05) is 28.1 Å². The Morgan fingerprint density at radius 2 is 1.90 bits per heavy atom. The maximum atomic E-state index is 4.50. The normalized spacial score (nSPS) is 12.6. The molecule has 0 amide bonds. The van der Waals surface area contributed by atoms with Crippen LogP contribution in [0.5, 0.6) is 0 Å². The number of halogens is 1. The van der Waals surface area contributed by atoms with Gasteiger partial charge in [-0.15, -0.1) is 0 Å². The third-order valence-electron chi connectivity index (χ3n) is 4.21. The minimum absolute atomic E-state index is 0.491. The molecule has 0 aliphatic carbocycles. The summed E-state index contributed by atoms with van der Waals surface area (Å²) in [5.41, 5.74) is 5.21. The fourth-order valence-corrected chi connectivity index (χ4v) is 3.02. The summed E-state index contributed by atoms with van der Waals surface area (Å²) in [6.45, 7) is 4.25. The molecule has 1 heterocycles. The molecule has 0 spiro atoms. The van der Waals surface area contributed by atoms with E-state index in [-0.39, 0.29) is 0 Å². The Kier molecular flexibility index (Phi) is 5.59. The average Bonchev–Trinajstić information content (AvgIpc) is 2.71. The van der Waals surface area contributed by atoms with Crippen molar-refractivity contribution in [1.29, 1.82) is 0 Å².